The van der Waals surface area contributed by atoms with Gasteiger partial charge in [0, 0.05) is 30.8 Å². The number of Topliss-reactive ketones (excluding diaryl/α,β-unsaturated/α-hetero) is 1. The number of fused-ring (bicyclic) bond motifs is 2. The number of halogens is 1. The van der Waals surface area contributed by atoms with Crippen molar-refractivity contribution in [3.8, 4) is 0 Å². The standard InChI is InChI=1S/C31H45IN2O5SSi/c1-8-16-31-27-19-25(35)24(20-33(27)18-11-9-10-17-32)28(31)26(39-41(6,7)30(3,4)5)21-34(29(31)36)40(37,38)23-14-12-22(2)13-15-23/h8,10,12-15,17,24,26-28H,1,9,11,16,18-21H2,2-7H3/b17-10-/t24-,26+,27+,28-,31-/m1/s1. The Hall–Kier alpha value is -1.34. The number of carbonyl (C=O) groups excluding carboxylic acids is 2. The number of rotatable bonds is 10. The SMILES string of the molecule is C=CC[C@]12C(=O)N(S(=O)(=O)c3ccc(C)cc3)C[C@H](O[Si](C)(C)C(C)(C)C)[C@H]1[C@@H]1CN(CCC/C=C\I)[C@H]2CC1=O. The second kappa shape index (κ2) is 12.0. The highest BCUT2D eigenvalue weighted by molar-refractivity contribution is 14.1. The molecule has 4 fully saturated rings. The van der Waals surface area contributed by atoms with E-state index in [1.54, 1.807) is 30.3 Å². The van der Waals surface area contributed by atoms with Crippen LogP contribution in [0.3, 0.4) is 0 Å². The fourth-order valence-corrected chi connectivity index (χ4v) is 10.0. The second-order valence-electron chi connectivity index (χ2n) is 13.4. The molecule has 5 atom stereocenters. The van der Waals surface area contributed by atoms with Crippen molar-refractivity contribution >= 4 is 52.6 Å². The van der Waals surface area contributed by atoms with Gasteiger partial charge < -0.3 is 4.43 Å². The van der Waals surface area contributed by atoms with Crippen molar-refractivity contribution in [1.29, 1.82) is 0 Å². The lowest BCUT2D eigenvalue weighted by molar-refractivity contribution is -0.193. The molecule has 0 N–H and O–H groups in total. The summed E-state index contributed by atoms with van der Waals surface area (Å²) in [7, 11) is -6.57. The Morgan fingerprint density at radius 1 is 1.17 bits per heavy atom. The summed E-state index contributed by atoms with van der Waals surface area (Å²) in [6, 6.07) is 6.23. The molecule has 1 saturated carbocycles. The van der Waals surface area contributed by atoms with Crippen molar-refractivity contribution in [3.05, 3.63) is 52.6 Å². The minimum Gasteiger partial charge on any atom is -0.412 e. The molecule has 1 aromatic rings. The minimum atomic E-state index is -4.16. The van der Waals surface area contributed by atoms with E-state index in [1.807, 2.05) is 11.0 Å². The van der Waals surface area contributed by atoms with E-state index in [0.717, 1.165) is 29.3 Å². The lowest BCUT2D eigenvalue weighted by atomic mass is 9.50. The maximum absolute atomic E-state index is 14.8. The molecule has 226 valence electrons. The van der Waals surface area contributed by atoms with Crippen LogP contribution in [0.4, 0.5) is 0 Å². The Morgan fingerprint density at radius 3 is 2.41 bits per heavy atom. The van der Waals surface area contributed by atoms with E-state index in [2.05, 4.69) is 74.0 Å². The molecule has 4 aliphatic rings. The van der Waals surface area contributed by atoms with E-state index in [0.29, 0.717) is 13.0 Å². The highest BCUT2D eigenvalue weighted by atomic mass is 127. The third-order valence-electron chi connectivity index (χ3n) is 9.92. The number of allylic oxidation sites excluding steroid dienone is 2. The number of ketones is 1. The number of aryl methyl sites for hydroxylation is 1. The molecule has 3 heterocycles. The summed E-state index contributed by atoms with van der Waals surface area (Å²) >= 11 is 2.21. The van der Waals surface area contributed by atoms with E-state index in [-0.39, 0.29) is 34.6 Å². The lowest BCUT2D eigenvalue weighted by Crippen LogP contribution is -2.77. The Labute approximate surface area is 261 Å². The van der Waals surface area contributed by atoms with E-state index in [9.17, 15) is 18.0 Å². The highest BCUT2D eigenvalue weighted by Crippen LogP contribution is 2.58. The molecular weight excluding hydrogens is 667 g/mol. The molecule has 0 spiro atoms. The van der Waals surface area contributed by atoms with Gasteiger partial charge in [0.1, 0.15) is 5.78 Å². The van der Waals surface area contributed by atoms with Crippen molar-refractivity contribution in [1.82, 2.24) is 9.21 Å². The van der Waals surface area contributed by atoms with Gasteiger partial charge in [-0.15, -0.1) is 6.58 Å². The normalized spacial score (nSPS) is 29.3. The summed E-state index contributed by atoms with van der Waals surface area (Å²) in [6.07, 6.45) is 5.62. The number of hydrogen-bond donors (Lipinski definition) is 0. The summed E-state index contributed by atoms with van der Waals surface area (Å²) in [4.78, 5) is 30.7. The summed E-state index contributed by atoms with van der Waals surface area (Å²) in [5, 5.41) is -0.133. The summed E-state index contributed by atoms with van der Waals surface area (Å²) in [6.45, 7) is 17.9. The Kier molecular flexibility index (Phi) is 9.51. The average molecular weight is 713 g/mol. The highest BCUT2D eigenvalue weighted by Gasteiger charge is 2.70. The molecule has 1 aliphatic carbocycles. The van der Waals surface area contributed by atoms with Gasteiger partial charge in [-0.3, -0.25) is 14.5 Å². The molecule has 0 radical (unpaired) electrons. The van der Waals surface area contributed by atoms with Crippen LogP contribution in [0.2, 0.25) is 18.1 Å². The predicted molar refractivity (Wildman–Crippen MR) is 174 cm³/mol. The van der Waals surface area contributed by atoms with Gasteiger partial charge in [0.15, 0.2) is 8.32 Å². The second-order valence-corrected chi connectivity index (χ2v) is 20.8. The van der Waals surface area contributed by atoms with Gasteiger partial charge in [-0.05, 0) is 67.1 Å². The van der Waals surface area contributed by atoms with Crippen LogP contribution in [0, 0.1) is 24.2 Å². The first-order valence-electron chi connectivity index (χ1n) is 14.6. The number of unbranched alkanes of at least 4 members (excludes halogenated alkanes) is 1. The number of amides is 1. The number of carbonyl (C=O) groups is 2. The summed E-state index contributed by atoms with van der Waals surface area (Å²) < 4.78 is 38.5. The van der Waals surface area contributed by atoms with Gasteiger partial charge in [0.05, 0.1) is 23.0 Å². The van der Waals surface area contributed by atoms with Crippen molar-refractivity contribution in [2.24, 2.45) is 17.3 Å². The molecular formula is C31H45IN2O5SSi. The minimum absolute atomic E-state index is 0.0813. The van der Waals surface area contributed by atoms with E-state index in [4.69, 9.17) is 4.43 Å². The first-order chi connectivity index (χ1) is 19.1. The Balaban J connectivity index is 1.86. The van der Waals surface area contributed by atoms with Crippen LogP contribution >= 0.6 is 22.6 Å². The smallest absolute Gasteiger partial charge is 0.266 e. The first-order valence-corrected chi connectivity index (χ1v) is 20.2. The molecule has 41 heavy (non-hydrogen) atoms. The number of sulfonamides is 1. The van der Waals surface area contributed by atoms with E-state index >= 15 is 0 Å². The van der Waals surface area contributed by atoms with Crippen LogP contribution in [0.1, 0.15) is 52.0 Å². The van der Waals surface area contributed by atoms with E-state index < -0.39 is 47.7 Å². The molecule has 7 nitrogen and oxygen atoms in total. The number of piperidine rings is 3. The van der Waals surface area contributed by atoms with E-state index in [1.165, 1.54) is 0 Å². The molecule has 10 heteroatoms. The van der Waals surface area contributed by atoms with Gasteiger partial charge >= 0.3 is 0 Å². The van der Waals surface area contributed by atoms with Gasteiger partial charge in [-0.2, -0.15) is 0 Å². The predicted octanol–water partition coefficient (Wildman–Crippen LogP) is 6.10. The molecule has 3 saturated heterocycles. The molecule has 1 aromatic carbocycles. The molecule has 0 aromatic heterocycles. The van der Waals surface area contributed by atoms with Crippen LogP contribution in [-0.4, -0.2) is 69.4 Å². The van der Waals surface area contributed by atoms with Crippen LogP contribution in [0.25, 0.3) is 0 Å². The quantitative estimate of drug-likeness (QED) is 0.126. The third kappa shape index (κ3) is 5.80. The van der Waals surface area contributed by atoms with Crippen molar-refractivity contribution in [3.63, 3.8) is 0 Å². The van der Waals surface area contributed by atoms with Gasteiger partial charge in [-0.25, -0.2) is 12.7 Å². The molecule has 5 rings (SSSR count). The molecule has 2 bridgehead atoms. The average Bonchev–Trinajstić information content (AvgIpc) is 2.88. The van der Waals surface area contributed by atoms with Crippen LogP contribution < -0.4 is 0 Å². The maximum Gasteiger partial charge on any atom is 0.266 e. The van der Waals surface area contributed by atoms with Gasteiger partial charge in [0.2, 0.25) is 5.91 Å². The molecule has 3 aliphatic heterocycles. The monoisotopic (exact) mass is 712 g/mol. The molecule has 1 amide bonds. The maximum atomic E-state index is 14.8. The first kappa shape index (κ1) is 32.6. The summed E-state index contributed by atoms with van der Waals surface area (Å²) in [5.41, 5.74) is -0.173. The Morgan fingerprint density at radius 2 is 1.83 bits per heavy atom. The zero-order valence-corrected chi connectivity index (χ0v) is 29.2. The lowest BCUT2D eigenvalue weighted by Gasteiger charge is -2.64. The number of nitrogens with zero attached hydrogens (tertiary/aromatic N) is 2. The Bertz CT molecular complexity index is 1310. The zero-order chi connectivity index (χ0) is 30.4. The van der Waals surface area contributed by atoms with Crippen molar-refractivity contribution < 1.29 is 22.4 Å². The topological polar surface area (TPSA) is 84.0 Å². The third-order valence-corrected chi connectivity index (χ3v) is 16.7. The van der Waals surface area contributed by atoms with Crippen LogP contribution in [0.5, 0.6) is 0 Å². The fourth-order valence-electron chi connectivity index (χ4n) is 6.85. The van der Waals surface area contributed by atoms with Gasteiger partial charge in [0.25, 0.3) is 10.0 Å². The van der Waals surface area contributed by atoms with Crippen LogP contribution in [-0.2, 0) is 24.0 Å². The number of benzene rings is 1. The largest absolute Gasteiger partial charge is 0.412 e. The summed E-state index contributed by atoms with van der Waals surface area (Å²) in [5.74, 6) is -1.04. The van der Waals surface area contributed by atoms with Crippen molar-refractivity contribution in [2.75, 3.05) is 19.6 Å². The van der Waals surface area contributed by atoms with Crippen molar-refractivity contribution in [2.45, 2.75) is 88.6 Å². The fraction of sp³-hybridized carbons (Fsp3) is 0.613. The van der Waals surface area contributed by atoms with Gasteiger partial charge in [-0.1, -0.05) is 73.2 Å². The zero-order valence-electron chi connectivity index (χ0n) is 25.2. The van der Waals surface area contributed by atoms with Crippen LogP contribution in [0.15, 0.2) is 52.0 Å². The molecule has 0 unspecified atom stereocenters. The number of hydrogen-bond acceptors (Lipinski definition) is 6.